The normalized spacial score (nSPS) is 14.1. The number of likely N-dealkylation sites (tertiary alicyclic amines) is 1. The Labute approximate surface area is 194 Å². The first-order valence-corrected chi connectivity index (χ1v) is 10.7. The Morgan fingerprint density at radius 2 is 1.84 bits per heavy atom. The van der Waals surface area contributed by atoms with E-state index in [0.29, 0.717) is 41.7 Å². The van der Waals surface area contributed by atoms with Crippen molar-refractivity contribution in [1.82, 2.24) is 15.2 Å². The molecule has 1 saturated heterocycles. The molecule has 2 aromatic rings. The average molecular weight is 481 g/mol. The number of halogens is 2. The largest absolute Gasteiger partial charge is 0.505 e. The highest BCUT2D eigenvalue weighted by Crippen LogP contribution is 2.31. The van der Waals surface area contributed by atoms with Crippen LogP contribution < -0.4 is 10.6 Å². The Kier molecular flexibility index (Phi) is 7.76. The molecule has 0 atom stereocenters. The smallest absolute Gasteiger partial charge is 0.322 e. The minimum atomic E-state index is -1.19. The molecule has 2 heterocycles. The highest BCUT2D eigenvalue weighted by atomic mass is 35.5. The van der Waals surface area contributed by atoms with E-state index in [0.717, 1.165) is 5.56 Å². The SMILES string of the molecule is O=C(O)CNC(=O)c1ncc(C2CCN(C(=O)CNc3ccc(Cl)cc3Cl)CC2)cc1O. The van der Waals surface area contributed by atoms with E-state index in [1.54, 1.807) is 23.1 Å². The summed E-state index contributed by atoms with van der Waals surface area (Å²) in [4.78, 5) is 40.8. The zero-order chi connectivity index (χ0) is 23.3. The number of piperidine rings is 1. The van der Waals surface area contributed by atoms with Crippen molar-refractivity contribution in [3.63, 3.8) is 0 Å². The van der Waals surface area contributed by atoms with Crippen molar-refractivity contribution in [2.75, 3.05) is 31.5 Å². The highest BCUT2D eigenvalue weighted by Gasteiger charge is 2.25. The van der Waals surface area contributed by atoms with Crippen molar-refractivity contribution in [2.45, 2.75) is 18.8 Å². The number of aromatic nitrogens is 1. The van der Waals surface area contributed by atoms with Gasteiger partial charge in [-0.15, -0.1) is 0 Å². The van der Waals surface area contributed by atoms with Crippen LogP contribution in [-0.2, 0) is 9.59 Å². The molecular formula is C21H22Cl2N4O5. The number of carbonyl (C=O) groups is 3. The average Bonchev–Trinajstić information content (AvgIpc) is 2.76. The Morgan fingerprint density at radius 1 is 1.12 bits per heavy atom. The number of nitrogens with one attached hydrogen (secondary N) is 2. The summed E-state index contributed by atoms with van der Waals surface area (Å²) in [5.41, 5.74) is 1.17. The molecule has 3 rings (SSSR count). The Hall–Kier alpha value is -3.04. The minimum absolute atomic E-state index is 0.0547. The van der Waals surface area contributed by atoms with Gasteiger partial charge in [0.05, 0.1) is 17.3 Å². The Balaban J connectivity index is 1.52. The number of amides is 2. The number of pyridine rings is 1. The van der Waals surface area contributed by atoms with Gasteiger partial charge in [-0.3, -0.25) is 14.4 Å². The topological polar surface area (TPSA) is 132 Å². The van der Waals surface area contributed by atoms with Crippen LogP contribution in [0.5, 0.6) is 5.75 Å². The van der Waals surface area contributed by atoms with Gasteiger partial charge in [0.2, 0.25) is 5.91 Å². The molecule has 1 aromatic carbocycles. The fourth-order valence-corrected chi connectivity index (χ4v) is 3.96. The van der Waals surface area contributed by atoms with Crippen LogP contribution >= 0.6 is 23.2 Å². The van der Waals surface area contributed by atoms with E-state index in [-0.39, 0.29) is 29.8 Å². The summed E-state index contributed by atoms with van der Waals surface area (Å²) < 4.78 is 0. The third kappa shape index (κ3) is 6.02. The zero-order valence-electron chi connectivity index (χ0n) is 17.0. The number of carboxylic acids is 1. The predicted octanol–water partition coefficient (Wildman–Crippen LogP) is 2.73. The number of benzene rings is 1. The monoisotopic (exact) mass is 480 g/mol. The molecule has 0 bridgehead atoms. The number of carboxylic acid groups (broad SMARTS) is 1. The van der Waals surface area contributed by atoms with E-state index in [4.69, 9.17) is 28.3 Å². The van der Waals surface area contributed by atoms with Crippen molar-refractivity contribution in [3.8, 4) is 5.75 Å². The van der Waals surface area contributed by atoms with Gasteiger partial charge in [-0.2, -0.15) is 0 Å². The molecule has 2 amide bonds. The van der Waals surface area contributed by atoms with Crippen molar-refractivity contribution >= 4 is 46.7 Å². The van der Waals surface area contributed by atoms with Crippen molar-refractivity contribution in [1.29, 1.82) is 0 Å². The quantitative estimate of drug-likeness (QED) is 0.478. The molecule has 4 N–H and O–H groups in total. The Bertz CT molecular complexity index is 1030. The first-order valence-electron chi connectivity index (χ1n) is 9.90. The van der Waals surface area contributed by atoms with Gasteiger partial charge in [0.25, 0.3) is 5.91 Å². The van der Waals surface area contributed by atoms with Gasteiger partial charge in [0.15, 0.2) is 5.69 Å². The lowest BCUT2D eigenvalue weighted by Crippen LogP contribution is -2.41. The molecule has 1 fully saturated rings. The molecule has 11 heteroatoms. The maximum atomic E-state index is 12.5. The standard InChI is InChI=1S/C21H22Cl2N4O5/c22-14-1-2-16(15(23)8-14)24-10-18(29)27-5-3-12(4-6-27)13-7-17(28)20(25-9-13)21(32)26-11-19(30)31/h1-2,7-9,12,24,28H,3-6,10-11H2,(H,26,32)(H,30,31). The molecule has 1 aromatic heterocycles. The maximum absolute atomic E-state index is 12.5. The number of rotatable bonds is 7. The van der Waals surface area contributed by atoms with E-state index < -0.39 is 18.4 Å². The summed E-state index contributed by atoms with van der Waals surface area (Å²) >= 11 is 12.0. The molecule has 0 spiro atoms. The number of aromatic hydroxyl groups is 1. The first kappa shape index (κ1) is 23.6. The number of hydrogen-bond donors (Lipinski definition) is 4. The van der Waals surface area contributed by atoms with E-state index >= 15 is 0 Å². The molecule has 32 heavy (non-hydrogen) atoms. The summed E-state index contributed by atoms with van der Waals surface area (Å²) in [6.07, 6.45) is 2.86. The van der Waals surface area contributed by atoms with Gasteiger partial charge in [-0.25, -0.2) is 4.98 Å². The second-order valence-electron chi connectivity index (χ2n) is 7.35. The van der Waals surface area contributed by atoms with Crippen molar-refractivity contribution in [3.05, 3.63) is 51.8 Å². The first-order chi connectivity index (χ1) is 15.2. The van der Waals surface area contributed by atoms with E-state index in [1.165, 1.54) is 12.3 Å². The third-order valence-corrected chi connectivity index (χ3v) is 5.73. The van der Waals surface area contributed by atoms with Crippen LogP contribution in [0.3, 0.4) is 0 Å². The van der Waals surface area contributed by atoms with Crippen LogP contribution in [0.1, 0.15) is 34.8 Å². The molecule has 0 radical (unpaired) electrons. The van der Waals surface area contributed by atoms with Gasteiger partial charge in [-0.05, 0) is 48.6 Å². The van der Waals surface area contributed by atoms with Crippen LogP contribution in [0.15, 0.2) is 30.5 Å². The van der Waals surface area contributed by atoms with Crippen LogP contribution in [0.25, 0.3) is 0 Å². The fraction of sp³-hybridized carbons (Fsp3) is 0.333. The molecule has 0 aliphatic carbocycles. The molecule has 0 unspecified atom stereocenters. The molecule has 9 nitrogen and oxygen atoms in total. The summed E-state index contributed by atoms with van der Waals surface area (Å²) in [6, 6.07) is 6.48. The fourth-order valence-electron chi connectivity index (χ4n) is 3.48. The predicted molar refractivity (Wildman–Crippen MR) is 119 cm³/mol. The lowest BCUT2D eigenvalue weighted by Gasteiger charge is -2.32. The third-order valence-electron chi connectivity index (χ3n) is 5.18. The van der Waals surface area contributed by atoms with Gasteiger partial charge >= 0.3 is 5.97 Å². The number of nitrogens with zero attached hydrogens (tertiary/aromatic N) is 2. The second kappa shape index (κ2) is 10.5. The van der Waals surface area contributed by atoms with Crippen LogP contribution in [0, 0.1) is 0 Å². The number of anilines is 1. The maximum Gasteiger partial charge on any atom is 0.322 e. The molecule has 1 aliphatic heterocycles. The van der Waals surface area contributed by atoms with Gasteiger partial charge in [-0.1, -0.05) is 23.2 Å². The van der Waals surface area contributed by atoms with Gasteiger partial charge in [0.1, 0.15) is 12.3 Å². The summed E-state index contributed by atoms with van der Waals surface area (Å²) in [7, 11) is 0. The lowest BCUT2D eigenvalue weighted by atomic mass is 9.90. The summed E-state index contributed by atoms with van der Waals surface area (Å²) in [5.74, 6) is -2.24. The van der Waals surface area contributed by atoms with E-state index in [9.17, 15) is 19.5 Å². The van der Waals surface area contributed by atoms with Gasteiger partial charge in [0, 0.05) is 24.3 Å². The molecule has 170 valence electrons. The van der Waals surface area contributed by atoms with E-state index in [2.05, 4.69) is 15.6 Å². The van der Waals surface area contributed by atoms with Crippen molar-refractivity contribution in [2.24, 2.45) is 0 Å². The number of carbonyl (C=O) groups excluding carboxylic acids is 2. The summed E-state index contributed by atoms with van der Waals surface area (Å²) in [6.45, 7) is 0.629. The van der Waals surface area contributed by atoms with Crippen LogP contribution in [0.4, 0.5) is 5.69 Å². The van der Waals surface area contributed by atoms with Crippen LogP contribution in [-0.4, -0.2) is 64.1 Å². The zero-order valence-corrected chi connectivity index (χ0v) is 18.5. The Morgan fingerprint density at radius 3 is 2.47 bits per heavy atom. The van der Waals surface area contributed by atoms with Crippen LogP contribution in [0.2, 0.25) is 10.0 Å². The molecular weight excluding hydrogens is 459 g/mol. The molecule has 0 saturated carbocycles. The highest BCUT2D eigenvalue weighted by molar-refractivity contribution is 6.36. The van der Waals surface area contributed by atoms with Crippen molar-refractivity contribution < 1.29 is 24.6 Å². The number of aliphatic carboxylic acids is 1. The molecule has 1 aliphatic rings. The van der Waals surface area contributed by atoms with E-state index in [1.807, 2.05) is 0 Å². The lowest BCUT2D eigenvalue weighted by molar-refractivity contribution is -0.135. The summed E-state index contributed by atoms with van der Waals surface area (Å²) in [5, 5.41) is 24.9. The van der Waals surface area contributed by atoms with Gasteiger partial charge < -0.3 is 25.7 Å². The second-order valence-corrected chi connectivity index (χ2v) is 8.19. The number of hydrogen-bond acceptors (Lipinski definition) is 6. The minimum Gasteiger partial charge on any atom is -0.505 e.